The molecule has 0 bridgehead atoms. The molecule has 0 aliphatic carbocycles. The lowest BCUT2D eigenvalue weighted by molar-refractivity contribution is -0.118. The normalized spacial score (nSPS) is 11.7. The van der Waals surface area contributed by atoms with E-state index in [4.69, 9.17) is 11.6 Å². The number of aromatic nitrogens is 1. The molecule has 1 N–H and O–H groups in total. The molecule has 0 aliphatic rings. The van der Waals surface area contributed by atoms with Crippen LogP contribution in [0.3, 0.4) is 0 Å². The van der Waals surface area contributed by atoms with Crippen LogP contribution in [0.25, 0.3) is 10.2 Å². The number of nitrogens with one attached hydrogen (secondary N) is 1. The van der Waals surface area contributed by atoms with Gasteiger partial charge in [0, 0.05) is 5.02 Å². The Bertz CT molecular complexity index is 874. The van der Waals surface area contributed by atoms with Crippen LogP contribution in [0.15, 0.2) is 58.0 Å². The van der Waals surface area contributed by atoms with E-state index in [0.717, 1.165) is 20.1 Å². The number of para-hydroxylation sites is 1. The van der Waals surface area contributed by atoms with Crippen LogP contribution in [0.1, 0.15) is 12.5 Å². The highest BCUT2D eigenvalue weighted by Crippen LogP contribution is 2.28. The van der Waals surface area contributed by atoms with E-state index in [-0.39, 0.29) is 11.7 Å². The maximum atomic E-state index is 11.9. The van der Waals surface area contributed by atoms with Crippen LogP contribution >= 0.6 is 34.7 Å². The highest BCUT2D eigenvalue weighted by molar-refractivity contribution is 8.01. The van der Waals surface area contributed by atoms with E-state index in [9.17, 15) is 4.79 Å². The number of halogens is 1. The average Bonchev–Trinajstić information content (AvgIpc) is 3.00. The van der Waals surface area contributed by atoms with Gasteiger partial charge in [0.05, 0.1) is 21.7 Å². The van der Waals surface area contributed by atoms with Crippen LogP contribution in [0, 0.1) is 0 Å². The van der Waals surface area contributed by atoms with Gasteiger partial charge < -0.3 is 0 Å². The molecule has 3 aromatic rings. The van der Waals surface area contributed by atoms with Gasteiger partial charge in [-0.3, -0.25) is 4.79 Å². The zero-order valence-corrected chi connectivity index (χ0v) is 15.2. The molecule has 1 aromatic heterocycles. The molecule has 0 aliphatic heterocycles. The topological polar surface area (TPSA) is 54.4 Å². The van der Waals surface area contributed by atoms with E-state index in [1.54, 1.807) is 17.4 Å². The third-order valence-electron chi connectivity index (χ3n) is 3.19. The van der Waals surface area contributed by atoms with E-state index < -0.39 is 0 Å². The molecule has 2 aromatic carbocycles. The zero-order valence-electron chi connectivity index (χ0n) is 12.8. The summed E-state index contributed by atoms with van der Waals surface area (Å²) in [5, 5.41) is 4.76. The van der Waals surface area contributed by atoms with Gasteiger partial charge in [-0.25, -0.2) is 10.4 Å². The number of thioether (sulfide) groups is 1. The second kappa shape index (κ2) is 7.79. The molecule has 0 saturated heterocycles. The number of amides is 1. The van der Waals surface area contributed by atoms with Crippen molar-refractivity contribution in [3.8, 4) is 0 Å². The Kier molecular flexibility index (Phi) is 5.50. The van der Waals surface area contributed by atoms with E-state index in [2.05, 4.69) is 15.5 Å². The maximum Gasteiger partial charge on any atom is 0.250 e. The second-order valence-corrected chi connectivity index (χ2v) is 7.67. The fourth-order valence-electron chi connectivity index (χ4n) is 2.00. The number of fused-ring (bicyclic) bond motifs is 1. The third-order valence-corrected chi connectivity index (χ3v) is 5.61. The van der Waals surface area contributed by atoms with Gasteiger partial charge in [-0.05, 0) is 36.8 Å². The summed E-state index contributed by atoms with van der Waals surface area (Å²) in [5.41, 5.74) is 5.11. The van der Waals surface area contributed by atoms with E-state index >= 15 is 0 Å². The number of hydrazone groups is 1. The van der Waals surface area contributed by atoms with Crippen LogP contribution in [-0.4, -0.2) is 22.4 Å². The van der Waals surface area contributed by atoms with Crippen molar-refractivity contribution >= 4 is 56.5 Å². The van der Waals surface area contributed by atoms with Gasteiger partial charge in [-0.1, -0.05) is 47.6 Å². The Balaban J connectivity index is 1.56. The van der Waals surface area contributed by atoms with Crippen LogP contribution in [-0.2, 0) is 4.79 Å². The molecule has 1 amide bonds. The number of hydrogen-bond donors (Lipinski definition) is 1. The summed E-state index contributed by atoms with van der Waals surface area (Å²) in [4.78, 5) is 16.4. The first-order chi connectivity index (χ1) is 11.6. The Morgan fingerprint density at radius 3 is 2.92 bits per heavy atom. The molecule has 1 heterocycles. The minimum absolute atomic E-state index is 0.166. The lowest BCUT2D eigenvalue weighted by Crippen LogP contribution is -2.21. The van der Waals surface area contributed by atoms with Crippen LogP contribution in [0.5, 0.6) is 0 Å². The Labute approximate surface area is 152 Å². The lowest BCUT2D eigenvalue weighted by Gasteiger charge is -2.02. The summed E-state index contributed by atoms with van der Waals surface area (Å²) in [6.07, 6.45) is 0. The summed E-state index contributed by atoms with van der Waals surface area (Å²) in [7, 11) is 0. The molecule has 0 unspecified atom stereocenters. The average molecular weight is 376 g/mol. The standard InChI is InChI=1S/C17H14ClN3OS2/c1-11(12-5-4-6-13(18)9-12)20-21-16(22)10-23-17-19-14-7-2-3-8-15(14)24-17/h2-9H,10H2,1H3,(H,21,22)/b20-11+. The van der Waals surface area contributed by atoms with Crippen LogP contribution < -0.4 is 5.43 Å². The Morgan fingerprint density at radius 2 is 2.12 bits per heavy atom. The van der Waals surface area contributed by atoms with Crippen molar-refractivity contribution in [2.75, 3.05) is 5.75 Å². The van der Waals surface area contributed by atoms with Gasteiger partial charge in [0.15, 0.2) is 4.34 Å². The molecule has 0 spiro atoms. The largest absolute Gasteiger partial charge is 0.272 e. The Morgan fingerprint density at radius 1 is 1.29 bits per heavy atom. The van der Waals surface area contributed by atoms with Gasteiger partial charge in [0.25, 0.3) is 5.91 Å². The summed E-state index contributed by atoms with van der Waals surface area (Å²) in [6.45, 7) is 1.83. The van der Waals surface area contributed by atoms with Crippen molar-refractivity contribution in [3.63, 3.8) is 0 Å². The van der Waals surface area contributed by atoms with Crippen molar-refractivity contribution in [1.29, 1.82) is 0 Å². The van der Waals surface area contributed by atoms with E-state index in [0.29, 0.717) is 10.7 Å². The number of benzene rings is 2. The molecular formula is C17H14ClN3OS2. The van der Waals surface area contributed by atoms with Gasteiger partial charge in [0.2, 0.25) is 0 Å². The van der Waals surface area contributed by atoms with Gasteiger partial charge in [-0.2, -0.15) is 5.10 Å². The fraction of sp³-hybridized carbons (Fsp3) is 0.118. The number of thiazole rings is 1. The van der Waals surface area contributed by atoms with Crippen molar-refractivity contribution in [2.24, 2.45) is 5.10 Å². The van der Waals surface area contributed by atoms with Crippen molar-refractivity contribution < 1.29 is 4.79 Å². The molecule has 0 fully saturated rings. The smallest absolute Gasteiger partial charge is 0.250 e. The molecule has 3 rings (SSSR count). The Hall–Kier alpha value is -1.89. The number of carbonyl (C=O) groups excluding carboxylic acids is 1. The third kappa shape index (κ3) is 4.35. The lowest BCUT2D eigenvalue weighted by atomic mass is 10.1. The minimum atomic E-state index is -0.166. The van der Waals surface area contributed by atoms with Gasteiger partial charge >= 0.3 is 0 Å². The second-order valence-electron chi connectivity index (χ2n) is 4.98. The molecule has 0 radical (unpaired) electrons. The predicted octanol–water partition coefficient (Wildman–Crippen LogP) is 4.58. The van der Waals surface area contributed by atoms with E-state index in [1.807, 2.05) is 49.4 Å². The van der Waals surface area contributed by atoms with Crippen LogP contribution in [0.2, 0.25) is 5.02 Å². The van der Waals surface area contributed by atoms with Crippen LogP contribution in [0.4, 0.5) is 0 Å². The van der Waals surface area contributed by atoms with Gasteiger partial charge in [0.1, 0.15) is 0 Å². The van der Waals surface area contributed by atoms with Crippen molar-refractivity contribution in [2.45, 2.75) is 11.3 Å². The number of carbonyl (C=O) groups is 1. The summed E-state index contributed by atoms with van der Waals surface area (Å²) in [6, 6.07) is 15.3. The first-order valence-electron chi connectivity index (χ1n) is 7.19. The van der Waals surface area contributed by atoms with Crippen molar-refractivity contribution in [1.82, 2.24) is 10.4 Å². The van der Waals surface area contributed by atoms with Crippen molar-refractivity contribution in [3.05, 3.63) is 59.1 Å². The minimum Gasteiger partial charge on any atom is -0.272 e. The van der Waals surface area contributed by atoms with Gasteiger partial charge in [-0.15, -0.1) is 11.3 Å². The maximum absolute atomic E-state index is 11.9. The van der Waals surface area contributed by atoms with E-state index in [1.165, 1.54) is 11.8 Å². The monoisotopic (exact) mass is 375 g/mol. The molecule has 0 saturated carbocycles. The highest BCUT2D eigenvalue weighted by atomic mass is 35.5. The SMILES string of the molecule is C/C(=N\NC(=O)CSc1nc2ccccc2s1)c1cccc(Cl)c1. The summed E-state index contributed by atoms with van der Waals surface area (Å²) in [5.74, 6) is 0.104. The number of hydrogen-bond acceptors (Lipinski definition) is 5. The fourth-order valence-corrected chi connectivity index (χ4v) is 4.05. The molecule has 122 valence electrons. The summed E-state index contributed by atoms with van der Waals surface area (Å²) >= 11 is 8.94. The molecule has 4 nitrogen and oxygen atoms in total. The predicted molar refractivity (Wildman–Crippen MR) is 102 cm³/mol. The molecular weight excluding hydrogens is 362 g/mol. The number of rotatable bonds is 5. The zero-order chi connectivity index (χ0) is 16.9. The quantitative estimate of drug-likeness (QED) is 0.403. The number of nitrogens with zero attached hydrogens (tertiary/aromatic N) is 2. The molecule has 0 atom stereocenters. The first kappa shape index (κ1) is 17.0. The molecule has 24 heavy (non-hydrogen) atoms. The molecule has 7 heteroatoms. The first-order valence-corrected chi connectivity index (χ1v) is 9.37. The summed E-state index contributed by atoms with van der Waals surface area (Å²) < 4.78 is 2.00. The highest BCUT2D eigenvalue weighted by Gasteiger charge is 2.07.